The Balaban J connectivity index is 1.31. The van der Waals surface area contributed by atoms with Gasteiger partial charge < -0.3 is 24.3 Å². The molecule has 144 valence electrons. The molecule has 1 heterocycles. The number of carbonyl (C=O) groups is 1. The average molecular weight is 389 g/mol. The lowest BCUT2D eigenvalue weighted by Gasteiger charge is -2.08. The van der Waals surface area contributed by atoms with Crippen LogP contribution in [-0.2, 0) is 4.79 Å². The first-order valence-electron chi connectivity index (χ1n) is 8.87. The molecule has 0 fully saturated rings. The van der Waals surface area contributed by atoms with Gasteiger partial charge in [-0.05, 0) is 42.8 Å². The summed E-state index contributed by atoms with van der Waals surface area (Å²) in [5, 5.41) is 2.85. The molecule has 0 aliphatic carbocycles. The van der Waals surface area contributed by atoms with Crippen molar-refractivity contribution in [3.8, 4) is 23.0 Å². The maximum Gasteiger partial charge on any atom is 0.234 e. The Bertz CT molecular complexity index is 751. The van der Waals surface area contributed by atoms with Crippen molar-refractivity contribution in [2.24, 2.45) is 0 Å². The molecule has 0 saturated heterocycles. The van der Waals surface area contributed by atoms with Gasteiger partial charge in [0.05, 0.1) is 19.0 Å². The molecule has 0 atom stereocenters. The fourth-order valence-electron chi connectivity index (χ4n) is 2.41. The first-order valence-corrected chi connectivity index (χ1v) is 10.0. The van der Waals surface area contributed by atoms with E-state index in [0.29, 0.717) is 36.2 Å². The molecule has 0 aromatic heterocycles. The first-order chi connectivity index (χ1) is 13.2. The Morgan fingerprint density at radius 3 is 2.48 bits per heavy atom. The number of hydrogen-bond donors (Lipinski definition) is 1. The van der Waals surface area contributed by atoms with Crippen LogP contribution < -0.4 is 24.3 Å². The number of thioether (sulfide) groups is 1. The Hall–Kier alpha value is -2.54. The molecule has 0 bridgehead atoms. The molecule has 1 amide bonds. The number of rotatable bonds is 10. The van der Waals surface area contributed by atoms with Crippen LogP contribution in [0.2, 0.25) is 0 Å². The summed E-state index contributed by atoms with van der Waals surface area (Å²) < 4.78 is 21.8. The number of carbonyl (C=O) groups excluding carboxylic acids is 1. The summed E-state index contributed by atoms with van der Waals surface area (Å²) >= 11 is 1.52. The normalized spacial score (nSPS) is 11.9. The number of amides is 1. The second-order valence-corrected chi connectivity index (χ2v) is 6.94. The first kappa shape index (κ1) is 19.2. The summed E-state index contributed by atoms with van der Waals surface area (Å²) in [7, 11) is 0. The molecule has 27 heavy (non-hydrogen) atoms. The summed E-state index contributed by atoms with van der Waals surface area (Å²) in [6, 6.07) is 12.9. The summed E-state index contributed by atoms with van der Waals surface area (Å²) in [6.45, 7) is 3.55. The van der Waals surface area contributed by atoms with E-state index >= 15 is 0 Å². The van der Waals surface area contributed by atoms with Crippen molar-refractivity contribution < 1.29 is 23.7 Å². The molecule has 6 nitrogen and oxygen atoms in total. The molecular weight excluding hydrogens is 366 g/mol. The van der Waals surface area contributed by atoms with Gasteiger partial charge in [-0.15, -0.1) is 11.8 Å². The largest absolute Gasteiger partial charge is 0.494 e. The van der Waals surface area contributed by atoms with Crippen molar-refractivity contribution in [1.29, 1.82) is 0 Å². The quantitative estimate of drug-likeness (QED) is 0.621. The van der Waals surface area contributed by atoms with Crippen LogP contribution in [0.25, 0.3) is 0 Å². The standard InChI is InChI=1S/C20H23NO5S/c1-2-9-23-16-4-6-17(7-5-16)24-10-11-27-13-20(22)21-15-3-8-18-19(12-15)26-14-25-18/h3-8,12H,2,9-11,13-14H2,1H3,(H,21,22). The van der Waals surface area contributed by atoms with E-state index in [4.69, 9.17) is 18.9 Å². The fourth-order valence-corrected chi connectivity index (χ4v) is 3.01. The van der Waals surface area contributed by atoms with Gasteiger partial charge >= 0.3 is 0 Å². The highest BCUT2D eigenvalue weighted by Gasteiger charge is 2.14. The molecule has 1 aliphatic heterocycles. The molecule has 0 radical (unpaired) electrons. The minimum atomic E-state index is -0.0590. The number of hydrogen-bond acceptors (Lipinski definition) is 6. The minimum absolute atomic E-state index is 0.0590. The van der Waals surface area contributed by atoms with Crippen LogP contribution in [0.4, 0.5) is 5.69 Å². The SMILES string of the molecule is CCCOc1ccc(OCCSCC(=O)Nc2ccc3c(c2)OCO3)cc1. The fraction of sp³-hybridized carbons (Fsp3) is 0.350. The van der Waals surface area contributed by atoms with E-state index in [9.17, 15) is 4.79 Å². The number of ether oxygens (including phenoxy) is 4. The molecule has 7 heteroatoms. The second kappa shape index (κ2) is 9.97. The molecule has 0 unspecified atom stereocenters. The van der Waals surface area contributed by atoms with Gasteiger partial charge in [0.25, 0.3) is 0 Å². The van der Waals surface area contributed by atoms with Crippen molar-refractivity contribution in [1.82, 2.24) is 0 Å². The van der Waals surface area contributed by atoms with Gasteiger partial charge in [0.15, 0.2) is 11.5 Å². The van der Waals surface area contributed by atoms with E-state index in [1.807, 2.05) is 24.3 Å². The lowest BCUT2D eigenvalue weighted by atomic mass is 10.3. The molecule has 2 aromatic rings. The van der Waals surface area contributed by atoms with Crippen LogP contribution in [0.1, 0.15) is 13.3 Å². The zero-order valence-electron chi connectivity index (χ0n) is 15.2. The second-order valence-electron chi connectivity index (χ2n) is 5.84. The van der Waals surface area contributed by atoms with Gasteiger partial charge in [0.2, 0.25) is 12.7 Å². The van der Waals surface area contributed by atoms with E-state index < -0.39 is 0 Å². The van der Waals surface area contributed by atoms with E-state index in [1.165, 1.54) is 11.8 Å². The van der Waals surface area contributed by atoms with Gasteiger partial charge in [0, 0.05) is 17.5 Å². The molecule has 0 spiro atoms. The van der Waals surface area contributed by atoms with Crippen molar-refractivity contribution in [2.45, 2.75) is 13.3 Å². The van der Waals surface area contributed by atoms with Crippen LogP contribution in [-0.4, -0.2) is 37.4 Å². The Morgan fingerprint density at radius 2 is 1.74 bits per heavy atom. The smallest absolute Gasteiger partial charge is 0.234 e. The summed E-state index contributed by atoms with van der Waals surface area (Å²) in [4.78, 5) is 12.0. The average Bonchev–Trinajstić information content (AvgIpc) is 3.15. The van der Waals surface area contributed by atoms with Crippen LogP contribution in [0, 0.1) is 0 Å². The Labute approximate surface area is 163 Å². The Kier molecular flexibility index (Phi) is 7.10. The summed E-state index contributed by atoms with van der Waals surface area (Å²) in [6.07, 6.45) is 0.984. The molecular formula is C20H23NO5S. The van der Waals surface area contributed by atoms with E-state index in [-0.39, 0.29) is 12.7 Å². The third kappa shape index (κ3) is 5.99. The number of fused-ring (bicyclic) bond motifs is 1. The summed E-state index contributed by atoms with van der Waals surface area (Å²) in [5.41, 5.74) is 0.700. The molecule has 3 rings (SSSR count). The molecule has 2 aromatic carbocycles. The van der Waals surface area contributed by atoms with Gasteiger partial charge in [-0.2, -0.15) is 0 Å². The number of anilines is 1. The maximum atomic E-state index is 12.0. The van der Waals surface area contributed by atoms with Gasteiger partial charge in [-0.25, -0.2) is 0 Å². The van der Waals surface area contributed by atoms with Crippen LogP contribution >= 0.6 is 11.8 Å². The van der Waals surface area contributed by atoms with E-state index in [0.717, 1.165) is 23.7 Å². The van der Waals surface area contributed by atoms with Crippen molar-refractivity contribution in [2.75, 3.05) is 36.8 Å². The molecule has 1 aliphatic rings. The third-order valence-electron chi connectivity index (χ3n) is 3.68. The minimum Gasteiger partial charge on any atom is -0.494 e. The lowest BCUT2D eigenvalue weighted by Crippen LogP contribution is -2.15. The van der Waals surface area contributed by atoms with Crippen molar-refractivity contribution >= 4 is 23.4 Å². The Morgan fingerprint density at radius 1 is 1.04 bits per heavy atom. The maximum absolute atomic E-state index is 12.0. The third-order valence-corrected chi connectivity index (χ3v) is 4.60. The highest BCUT2D eigenvalue weighted by Crippen LogP contribution is 2.34. The monoisotopic (exact) mass is 389 g/mol. The zero-order valence-corrected chi connectivity index (χ0v) is 16.1. The van der Waals surface area contributed by atoms with Gasteiger partial charge in [-0.3, -0.25) is 4.79 Å². The molecule has 0 saturated carbocycles. The van der Waals surface area contributed by atoms with Crippen molar-refractivity contribution in [3.63, 3.8) is 0 Å². The molecule has 1 N–H and O–H groups in total. The van der Waals surface area contributed by atoms with E-state index in [1.54, 1.807) is 18.2 Å². The predicted octanol–water partition coefficient (Wildman–Crippen LogP) is 3.95. The summed E-state index contributed by atoms with van der Waals surface area (Å²) in [5.74, 6) is 4.02. The highest BCUT2D eigenvalue weighted by atomic mass is 32.2. The van der Waals surface area contributed by atoms with E-state index in [2.05, 4.69) is 12.2 Å². The van der Waals surface area contributed by atoms with Gasteiger partial charge in [0.1, 0.15) is 11.5 Å². The van der Waals surface area contributed by atoms with Crippen LogP contribution in [0.5, 0.6) is 23.0 Å². The highest BCUT2D eigenvalue weighted by molar-refractivity contribution is 7.99. The van der Waals surface area contributed by atoms with Crippen molar-refractivity contribution in [3.05, 3.63) is 42.5 Å². The topological polar surface area (TPSA) is 66.0 Å². The van der Waals surface area contributed by atoms with Crippen LogP contribution in [0.15, 0.2) is 42.5 Å². The predicted molar refractivity (Wildman–Crippen MR) is 106 cm³/mol. The zero-order chi connectivity index (χ0) is 18.9. The number of benzene rings is 2. The van der Waals surface area contributed by atoms with Gasteiger partial charge in [-0.1, -0.05) is 6.92 Å². The number of nitrogens with one attached hydrogen (secondary N) is 1. The lowest BCUT2D eigenvalue weighted by molar-refractivity contribution is -0.113. The van der Waals surface area contributed by atoms with Crippen LogP contribution in [0.3, 0.4) is 0 Å².